The molecule has 1 aromatic rings. The van der Waals surface area contributed by atoms with E-state index in [4.69, 9.17) is 4.74 Å². The van der Waals surface area contributed by atoms with Crippen LogP contribution < -0.4 is 4.74 Å². The van der Waals surface area contributed by atoms with Gasteiger partial charge in [-0.05, 0) is 28.1 Å². The number of halogens is 1. The summed E-state index contributed by atoms with van der Waals surface area (Å²) in [6, 6.07) is 5.58. The van der Waals surface area contributed by atoms with Crippen molar-refractivity contribution in [1.29, 1.82) is 0 Å². The lowest BCUT2D eigenvalue weighted by Gasteiger charge is -2.20. The van der Waals surface area contributed by atoms with Crippen molar-refractivity contribution in [1.82, 2.24) is 0 Å². The highest BCUT2D eigenvalue weighted by Crippen LogP contribution is 2.36. The third kappa shape index (κ3) is 2.07. The topological polar surface area (TPSA) is 26.3 Å². The van der Waals surface area contributed by atoms with E-state index in [2.05, 4.69) is 15.9 Å². The fourth-order valence-corrected chi connectivity index (χ4v) is 2.20. The molecule has 1 aliphatic heterocycles. The van der Waals surface area contributed by atoms with Crippen LogP contribution in [0.3, 0.4) is 0 Å². The molecule has 2 nitrogen and oxygen atoms in total. The van der Waals surface area contributed by atoms with Crippen molar-refractivity contribution in [2.24, 2.45) is 5.41 Å². The van der Waals surface area contributed by atoms with Crippen molar-refractivity contribution in [3.63, 3.8) is 0 Å². The van der Waals surface area contributed by atoms with Gasteiger partial charge in [0.2, 0.25) is 0 Å². The fraction of sp³-hybridized carbons (Fsp3) is 0.417. The van der Waals surface area contributed by atoms with Crippen molar-refractivity contribution in [2.75, 3.05) is 6.61 Å². The highest BCUT2D eigenvalue weighted by Gasteiger charge is 2.30. The van der Waals surface area contributed by atoms with E-state index < -0.39 is 0 Å². The smallest absolute Gasteiger partial charge is 0.167 e. The Bertz CT molecular complexity index is 410. The van der Waals surface area contributed by atoms with Gasteiger partial charge in [0.15, 0.2) is 5.78 Å². The molecule has 0 radical (unpaired) electrons. The maximum atomic E-state index is 12.0. The molecule has 80 valence electrons. The standard InChI is InChI=1S/C12H13BrO2/c1-12(2)6-10(14)8-4-3-5-9(13)11(8)15-7-12/h3-5H,6-7H2,1-2H3. The average molecular weight is 269 g/mol. The minimum absolute atomic E-state index is 0.0878. The molecule has 0 aromatic heterocycles. The zero-order valence-corrected chi connectivity index (χ0v) is 10.4. The average Bonchev–Trinajstić information content (AvgIpc) is 2.25. The number of hydrogen-bond donors (Lipinski definition) is 0. The molecule has 0 spiro atoms. The Morgan fingerprint density at radius 2 is 2.13 bits per heavy atom. The lowest BCUT2D eigenvalue weighted by Crippen LogP contribution is -2.21. The molecule has 0 bridgehead atoms. The molecule has 2 rings (SSSR count). The Hall–Kier alpha value is -0.830. The summed E-state index contributed by atoms with van der Waals surface area (Å²) in [6.07, 6.45) is 0.538. The summed E-state index contributed by atoms with van der Waals surface area (Å²) in [5.41, 5.74) is 0.602. The molecule has 0 amide bonds. The van der Waals surface area contributed by atoms with Gasteiger partial charge in [-0.1, -0.05) is 19.9 Å². The van der Waals surface area contributed by atoms with Crippen LogP contribution in [0.1, 0.15) is 30.6 Å². The van der Waals surface area contributed by atoms with Gasteiger partial charge < -0.3 is 4.74 Å². The van der Waals surface area contributed by atoms with Gasteiger partial charge in [-0.3, -0.25) is 4.79 Å². The van der Waals surface area contributed by atoms with E-state index in [1.165, 1.54) is 0 Å². The molecule has 0 N–H and O–H groups in total. The van der Waals surface area contributed by atoms with Crippen LogP contribution in [0, 0.1) is 5.41 Å². The number of benzene rings is 1. The van der Waals surface area contributed by atoms with Crippen LogP contribution in [0.5, 0.6) is 5.75 Å². The van der Waals surface area contributed by atoms with Gasteiger partial charge in [0.1, 0.15) is 5.75 Å². The number of ether oxygens (including phenoxy) is 1. The summed E-state index contributed by atoms with van der Waals surface area (Å²) in [4.78, 5) is 12.0. The van der Waals surface area contributed by atoms with Gasteiger partial charge in [0.05, 0.1) is 16.6 Å². The van der Waals surface area contributed by atoms with Crippen LogP contribution in [0.15, 0.2) is 22.7 Å². The number of rotatable bonds is 0. The molecular weight excluding hydrogens is 256 g/mol. The molecule has 15 heavy (non-hydrogen) atoms. The Kier molecular flexibility index (Phi) is 2.59. The summed E-state index contributed by atoms with van der Waals surface area (Å²) >= 11 is 3.40. The summed E-state index contributed by atoms with van der Waals surface area (Å²) < 4.78 is 6.55. The largest absolute Gasteiger partial charge is 0.491 e. The highest BCUT2D eigenvalue weighted by molar-refractivity contribution is 9.10. The van der Waals surface area contributed by atoms with E-state index in [-0.39, 0.29) is 11.2 Å². The minimum atomic E-state index is -0.0878. The van der Waals surface area contributed by atoms with Crippen molar-refractivity contribution in [3.05, 3.63) is 28.2 Å². The number of carbonyl (C=O) groups is 1. The fourth-order valence-electron chi connectivity index (χ4n) is 1.72. The van der Waals surface area contributed by atoms with Crippen LogP contribution in [0.4, 0.5) is 0 Å². The van der Waals surface area contributed by atoms with Crippen LogP contribution in [0.2, 0.25) is 0 Å². The number of fused-ring (bicyclic) bond motifs is 1. The van der Waals surface area contributed by atoms with Gasteiger partial charge in [-0.2, -0.15) is 0 Å². The molecule has 1 heterocycles. The zero-order valence-electron chi connectivity index (χ0n) is 8.84. The van der Waals surface area contributed by atoms with Crippen molar-refractivity contribution in [3.8, 4) is 5.75 Å². The summed E-state index contributed by atoms with van der Waals surface area (Å²) in [5, 5.41) is 0. The molecule has 0 saturated carbocycles. The molecular formula is C12H13BrO2. The number of carbonyl (C=O) groups excluding carboxylic acids is 1. The molecule has 1 aromatic carbocycles. The first-order valence-corrected chi connectivity index (χ1v) is 5.73. The Balaban J connectivity index is 2.48. The SMILES string of the molecule is CC1(C)COc2c(Br)cccc2C(=O)C1. The Morgan fingerprint density at radius 1 is 1.40 bits per heavy atom. The van der Waals surface area contributed by atoms with Crippen LogP contribution >= 0.6 is 15.9 Å². The number of hydrogen-bond acceptors (Lipinski definition) is 2. The maximum absolute atomic E-state index is 12.0. The molecule has 0 saturated heterocycles. The molecule has 0 fully saturated rings. The summed E-state index contributed by atoms with van der Waals surface area (Å²) in [5.74, 6) is 0.849. The molecule has 0 unspecified atom stereocenters. The van der Waals surface area contributed by atoms with E-state index in [1.54, 1.807) is 0 Å². The van der Waals surface area contributed by atoms with Crippen molar-refractivity contribution >= 4 is 21.7 Å². The van der Waals surface area contributed by atoms with E-state index >= 15 is 0 Å². The van der Waals surface area contributed by atoms with Crippen molar-refractivity contribution in [2.45, 2.75) is 20.3 Å². The maximum Gasteiger partial charge on any atom is 0.167 e. The number of ketones is 1. The van der Waals surface area contributed by atoms with Gasteiger partial charge in [0, 0.05) is 11.8 Å². The molecule has 0 aliphatic carbocycles. The van der Waals surface area contributed by atoms with E-state index in [9.17, 15) is 4.79 Å². The lowest BCUT2D eigenvalue weighted by molar-refractivity contribution is 0.0918. The minimum Gasteiger partial charge on any atom is -0.491 e. The van der Waals surface area contributed by atoms with Gasteiger partial charge in [0.25, 0.3) is 0 Å². The second kappa shape index (κ2) is 3.63. The van der Waals surface area contributed by atoms with E-state index in [0.29, 0.717) is 24.3 Å². The monoisotopic (exact) mass is 268 g/mol. The Labute approximate surface area is 97.8 Å². The van der Waals surface area contributed by atoms with Crippen LogP contribution in [-0.2, 0) is 0 Å². The molecule has 3 heteroatoms. The number of Topliss-reactive ketones (excluding diaryl/α,β-unsaturated/α-hetero) is 1. The first kappa shape index (κ1) is 10.7. The molecule has 1 aliphatic rings. The quantitative estimate of drug-likeness (QED) is 0.721. The zero-order chi connectivity index (χ0) is 11.1. The Morgan fingerprint density at radius 3 is 2.87 bits per heavy atom. The highest BCUT2D eigenvalue weighted by atomic mass is 79.9. The third-order valence-electron chi connectivity index (χ3n) is 2.51. The number of para-hydroxylation sites is 1. The summed E-state index contributed by atoms with van der Waals surface area (Å²) in [6.45, 7) is 4.67. The summed E-state index contributed by atoms with van der Waals surface area (Å²) in [7, 11) is 0. The first-order chi connectivity index (χ1) is 6.99. The second-order valence-corrected chi connectivity index (χ2v) is 5.52. The van der Waals surface area contributed by atoms with Gasteiger partial charge >= 0.3 is 0 Å². The van der Waals surface area contributed by atoms with Crippen LogP contribution in [-0.4, -0.2) is 12.4 Å². The van der Waals surface area contributed by atoms with Crippen molar-refractivity contribution < 1.29 is 9.53 Å². The predicted molar refractivity (Wildman–Crippen MR) is 62.4 cm³/mol. The van der Waals surface area contributed by atoms with E-state index in [0.717, 1.165) is 4.47 Å². The molecule has 0 atom stereocenters. The first-order valence-electron chi connectivity index (χ1n) is 4.94. The van der Waals surface area contributed by atoms with Gasteiger partial charge in [-0.25, -0.2) is 0 Å². The van der Waals surface area contributed by atoms with Gasteiger partial charge in [-0.15, -0.1) is 0 Å². The van der Waals surface area contributed by atoms with Crippen LogP contribution in [0.25, 0.3) is 0 Å². The second-order valence-electron chi connectivity index (χ2n) is 4.67. The third-order valence-corrected chi connectivity index (χ3v) is 3.14. The van der Waals surface area contributed by atoms with E-state index in [1.807, 2.05) is 32.0 Å². The lowest BCUT2D eigenvalue weighted by atomic mass is 9.87. The predicted octanol–water partition coefficient (Wildman–Crippen LogP) is 3.44. The normalized spacial score (nSPS) is 19.0.